The third-order valence-electron chi connectivity index (χ3n) is 25.6. The molecule has 4 aromatic heterocycles. The summed E-state index contributed by atoms with van der Waals surface area (Å²) in [5.41, 5.74) is 38.9. The lowest BCUT2D eigenvalue weighted by atomic mass is 9.82. The van der Waals surface area contributed by atoms with Crippen LogP contribution in [0.2, 0.25) is 0 Å². The summed E-state index contributed by atoms with van der Waals surface area (Å²) in [6, 6.07) is 129. The molecule has 0 amide bonds. The number of benzene rings is 16. The Kier molecular flexibility index (Phi) is 13.6. The van der Waals surface area contributed by atoms with Crippen LogP contribution in [0.1, 0.15) is 74.9 Å². The van der Waals surface area contributed by atoms with E-state index < -0.39 is 0 Å². The molecule has 5 heteroatoms. The number of fused-ring (bicyclic) bond motifs is 19. The Hall–Kier alpha value is -13.7. The summed E-state index contributed by atoms with van der Waals surface area (Å²) >= 11 is 0. The van der Waals surface area contributed by atoms with Crippen LogP contribution in [0.3, 0.4) is 0 Å². The maximum atomic E-state index is 5.85. The van der Waals surface area contributed by atoms with Gasteiger partial charge in [-0.15, -0.1) is 0 Å². The van der Waals surface area contributed by atoms with E-state index in [2.05, 4.69) is 401 Å². The second-order valence-electron chi connectivity index (χ2n) is 32.8. The third kappa shape index (κ3) is 9.37. The van der Waals surface area contributed by atoms with E-state index in [1.807, 2.05) is 0 Å². The summed E-state index contributed by atoms with van der Waals surface area (Å²) in [6.07, 6.45) is 0. The van der Waals surface area contributed by atoms with Gasteiger partial charge in [-0.05, 0) is 214 Å². The number of para-hydroxylation sites is 3. The van der Waals surface area contributed by atoms with Crippen molar-refractivity contribution in [3.8, 4) is 118 Å². The van der Waals surface area contributed by atoms with Crippen molar-refractivity contribution in [1.29, 1.82) is 0 Å². The van der Waals surface area contributed by atoms with Gasteiger partial charge >= 0.3 is 0 Å². The van der Waals surface area contributed by atoms with Gasteiger partial charge in [0.15, 0.2) is 5.82 Å². The van der Waals surface area contributed by atoms with Crippen molar-refractivity contribution in [2.45, 2.75) is 57.8 Å². The van der Waals surface area contributed by atoms with Crippen LogP contribution >= 0.6 is 0 Å². The van der Waals surface area contributed by atoms with Gasteiger partial charge in [0.05, 0.1) is 44.3 Å². The summed E-state index contributed by atoms with van der Waals surface area (Å²) in [4.78, 5) is 11.5. The number of nitrogens with zero attached hydrogens (tertiary/aromatic N) is 5. The Morgan fingerprint density at radius 3 is 0.929 bits per heavy atom. The molecule has 3 aliphatic carbocycles. The molecule has 3 aliphatic rings. The standard InChI is InChI=1S/C107H75N5/c1-105(2)90-34-13-7-28-77(90)86-57-65(43-50-93(86)105)69-40-47-83-80-31-10-16-37-97(80)110(100(83)61-69)74-25-19-22-64(54-74)68-46-53-96-89(60-68)103(72-23-20-26-75(55-72)111-98-38-17-11-32-81(98)84-48-41-70(62-101(84)111)66-44-51-94-87(58-66)78-29-8-14-35-91(78)106(94,3)4)109-104(108-96)73-24-21-27-76(56-73)112-99-39-18-12-33-82(99)85-49-42-71(63-102(85)112)67-45-52-95-88(59-67)79-30-9-15-36-92(79)107(95,5)6/h7-63H,1-6H3. The fourth-order valence-corrected chi connectivity index (χ4v) is 20.0. The van der Waals surface area contributed by atoms with Crippen molar-refractivity contribution < 1.29 is 0 Å². The minimum atomic E-state index is -0.0788. The Labute approximate surface area is 650 Å². The number of rotatable bonds is 9. The molecule has 0 radical (unpaired) electrons. The molecule has 0 fully saturated rings. The largest absolute Gasteiger partial charge is 0.309 e. The zero-order valence-electron chi connectivity index (χ0n) is 63.1. The first-order chi connectivity index (χ1) is 54.8. The second kappa shape index (κ2) is 23.6. The van der Waals surface area contributed by atoms with Crippen LogP contribution in [0.25, 0.3) is 194 Å². The van der Waals surface area contributed by atoms with Crippen LogP contribution < -0.4 is 0 Å². The first kappa shape index (κ1) is 64.3. The highest BCUT2D eigenvalue weighted by molar-refractivity contribution is 6.13. The van der Waals surface area contributed by atoms with Crippen LogP contribution in [-0.4, -0.2) is 23.7 Å². The van der Waals surface area contributed by atoms with E-state index in [0.29, 0.717) is 5.82 Å². The van der Waals surface area contributed by atoms with Crippen LogP contribution in [-0.2, 0) is 16.2 Å². The monoisotopic (exact) mass is 1430 g/mol. The third-order valence-corrected chi connectivity index (χ3v) is 25.6. The summed E-state index contributed by atoms with van der Waals surface area (Å²) in [5, 5.41) is 8.21. The van der Waals surface area contributed by atoms with Crippen molar-refractivity contribution >= 4 is 76.3 Å². The SMILES string of the molecule is CC1(C)c2ccccc2-c2cc(-c3ccc4c5ccccc5n(-c5cccc(-c6ccc7nc(-c8cccc(-n9c%10ccccc%10c%10ccc(-c%11ccc%12c(c%11)-c%11ccccc%11C%12(C)C)cc%109)c8)nc(-c8cccc(-n9c%10ccccc%10c%10ccc(-c%11ccc%12c(c%11)-c%11ccccc%11C%12(C)C)cc%109)c8)c7c6)c5)c4c3)ccc21. The first-order valence-electron chi connectivity index (χ1n) is 39.3. The molecule has 0 aliphatic heterocycles. The van der Waals surface area contributed by atoms with Crippen LogP contribution in [0.4, 0.5) is 0 Å². The molecule has 23 rings (SSSR count). The molecule has 0 saturated heterocycles. The van der Waals surface area contributed by atoms with Gasteiger partial charge in [0.2, 0.25) is 0 Å². The van der Waals surface area contributed by atoms with Crippen molar-refractivity contribution in [2.24, 2.45) is 0 Å². The summed E-state index contributed by atoms with van der Waals surface area (Å²) < 4.78 is 7.35. The van der Waals surface area contributed by atoms with E-state index in [1.165, 1.54) is 132 Å². The van der Waals surface area contributed by atoms with Gasteiger partial charge in [0.1, 0.15) is 0 Å². The van der Waals surface area contributed by atoms with Gasteiger partial charge in [0.25, 0.3) is 0 Å². The van der Waals surface area contributed by atoms with Crippen LogP contribution in [0.5, 0.6) is 0 Å². The van der Waals surface area contributed by atoms with E-state index in [1.54, 1.807) is 0 Å². The molecule has 20 aromatic rings. The van der Waals surface area contributed by atoms with Crippen LogP contribution in [0, 0.1) is 0 Å². The van der Waals surface area contributed by atoms with E-state index >= 15 is 0 Å². The Bertz CT molecular complexity index is 7490. The second-order valence-corrected chi connectivity index (χ2v) is 32.8. The molecule has 5 nitrogen and oxygen atoms in total. The van der Waals surface area contributed by atoms with E-state index in [9.17, 15) is 0 Å². The molecule has 528 valence electrons. The summed E-state index contributed by atoms with van der Waals surface area (Å²) in [6.45, 7) is 14.1. The molecule has 4 heterocycles. The average Bonchev–Trinajstić information content (AvgIpc) is 1.58. The molecule has 0 atom stereocenters. The molecular formula is C107H75N5. The van der Waals surface area contributed by atoms with E-state index in [4.69, 9.17) is 9.97 Å². The molecular weight excluding hydrogens is 1360 g/mol. The molecule has 0 spiro atoms. The fourth-order valence-electron chi connectivity index (χ4n) is 20.0. The van der Waals surface area contributed by atoms with E-state index in [-0.39, 0.29) is 16.2 Å². The fraction of sp³-hybridized carbons (Fsp3) is 0.0841. The highest BCUT2D eigenvalue weighted by atomic mass is 15.0. The van der Waals surface area contributed by atoms with Gasteiger partial charge in [-0.3, -0.25) is 0 Å². The Morgan fingerprint density at radius 2 is 0.500 bits per heavy atom. The quantitative estimate of drug-likeness (QED) is 0.144. The number of aromatic nitrogens is 5. The Balaban J connectivity index is 0.679. The lowest BCUT2D eigenvalue weighted by Gasteiger charge is -2.21. The average molecular weight is 1430 g/mol. The maximum absolute atomic E-state index is 5.85. The maximum Gasteiger partial charge on any atom is 0.160 e. The Morgan fingerprint density at radius 1 is 0.196 bits per heavy atom. The molecule has 0 bridgehead atoms. The van der Waals surface area contributed by atoms with Crippen molar-refractivity contribution in [1.82, 2.24) is 23.7 Å². The van der Waals surface area contributed by atoms with Crippen LogP contribution in [0.15, 0.2) is 346 Å². The molecule has 112 heavy (non-hydrogen) atoms. The zero-order valence-corrected chi connectivity index (χ0v) is 63.1. The summed E-state index contributed by atoms with van der Waals surface area (Å²) in [5.74, 6) is 0.647. The minimum absolute atomic E-state index is 0.0661. The van der Waals surface area contributed by atoms with Gasteiger partial charge in [0, 0.05) is 82.1 Å². The van der Waals surface area contributed by atoms with E-state index in [0.717, 1.165) is 89.0 Å². The smallest absolute Gasteiger partial charge is 0.160 e. The minimum Gasteiger partial charge on any atom is -0.309 e. The predicted molar refractivity (Wildman–Crippen MR) is 468 cm³/mol. The highest BCUT2D eigenvalue weighted by Crippen LogP contribution is 2.54. The molecule has 0 saturated carbocycles. The van der Waals surface area contributed by atoms with Crippen molar-refractivity contribution in [3.63, 3.8) is 0 Å². The summed E-state index contributed by atoms with van der Waals surface area (Å²) in [7, 11) is 0. The van der Waals surface area contributed by atoms with Crippen molar-refractivity contribution in [2.75, 3.05) is 0 Å². The van der Waals surface area contributed by atoms with Gasteiger partial charge < -0.3 is 13.7 Å². The topological polar surface area (TPSA) is 40.6 Å². The van der Waals surface area contributed by atoms with Crippen molar-refractivity contribution in [3.05, 3.63) is 379 Å². The van der Waals surface area contributed by atoms with Gasteiger partial charge in [-0.1, -0.05) is 284 Å². The normalized spacial score (nSPS) is 14.0. The molecule has 16 aromatic carbocycles. The van der Waals surface area contributed by atoms with Gasteiger partial charge in [-0.2, -0.15) is 0 Å². The molecule has 0 unspecified atom stereocenters. The first-order valence-corrected chi connectivity index (χ1v) is 39.3. The lowest BCUT2D eigenvalue weighted by Crippen LogP contribution is -2.14. The number of hydrogen-bond acceptors (Lipinski definition) is 2. The number of hydrogen-bond donors (Lipinski definition) is 0. The lowest BCUT2D eigenvalue weighted by molar-refractivity contribution is 0.660. The predicted octanol–water partition coefficient (Wildman–Crippen LogP) is 27.8. The highest BCUT2D eigenvalue weighted by Gasteiger charge is 2.38. The molecule has 0 N–H and O–H groups in total. The van der Waals surface area contributed by atoms with Gasteiger partial charge in [-0.25, -0.2) is 9.97 Å². The zero-order chi connectivity index (χ0) is 74.6.